The number of piperidine rings is 1. The number of ether oxygens (including phenoxy) is 2. The number of anilines is 1. The molecule has 116 valence electrons. The Morgan fingerprint density at radius 3 is 2.81 bits per heavy atom. The van der Waals surface area contributed by atoms with E-state index in [2.05, 4.69) is 5.32 Å². The van der Waals surface area contributed by atoms with Gasteiger partial charge in [0, 0.05) is 25.9 Å². The van der Waals surface area contributed by atoms with Crippen molar-refractivity contribution in [3.05, 3.63) is 30.1 Å². The zero-order chi connectivity index (χ0) is 15.1. The minimum absolute atomic E-state index is 0.179. The number of carbonyl (C=O) groups excluding carboxylic acids is 1. The number of nitrogens with one attached hydrogen (secondary N) is 1. The van der Waals surface area contributed by atoms with Crippen molar-refractivity contribution in [3.63, 3.8) is 0 Å². The van der Waals surface area contributed by atoms with Crippen LogP contribution in [-0.4, -0.2) is 50.4 Å². The summed E-state index contributed by atoms with van der Waals surface area (Å²) < 4.78 is 23.7. The number of halogens is 1. The van der Waals surface area contributed by atoms with Crippen LogP contribution < -0.4 is 5.32 Å². The fourth-order valence-corrected chi connectivity index (χ4v) is 2.29. The van der Waals surface area contributed by atoms with Gasteiger partial charge in [-0.05, 0) is 31.0 Å². The quantitative estimate of drug-likeness (QED) is 0.849. The van der Waals surface area contributed by atoms with Crippen LogP contribution in [0.5, 0.6) is 0 Å². The average molecular weight is 296 g/mol. The lowest BCUT2D eigenvalue weighted by atomic mass is 10.1. The fourth-order valence-electron chi connectivity index (χ4n) is 2.29. The molecule has 0 saturated carbocycles. The molecule has 1 fully saturated rings. The summed E-state index contributed by atoms with van der Waals surface area (Å²) in [6.45, 7) is 2.44. The van der Waals surface area contributed by atoms with Gasteiger partial charge in [-0.1, -0.05) is 6.07 Å². The number of rotatable bonds is 5. The van der Waals surface area contributed by atoms with E-state index in [9.17, 15) is 9.18 Å². The third-order valence-corrected chi connectivity index (χ3v) is 3.45. The van der Waals surface area contributed by atoms with Gasteiger partial charge in [-0.3, -0.25) is 0 Å². The number of methoxy groups -OCH3 is 1. The van der Waals surface area contributed by atoms with Gasteiger partial charge >= 0.3 is 6.03 Å². The van der Waals surface area contributed by atoms with Gasteiger partial charge in [-0.15, -0.1) is 0 Å². The second-order valence-electron chi connectivity index (χ2n) is 4.99. The molecule has 0 radical (unpaired) electrons. The van der Waals surface area contributed by atoms with Crippen molar-refractivity contribution in [3.8, 4) is 0 Å². The molecular formula is C15H21FN2O3. The number of hydrogen-bond acceptors (Lipinski definition) is 3. The minimum atomic E-state index is -0.363. The number of amides is 2. The van der Waals surface area contributed by atoms with Crippen LogP contribution in [0.3, 0.4) is 0 Å². The number of carbonyl (C=O) groups is 1. The molecule has 1 aliphatic heterocycles. The topological polar surface area (TPSA) is 50.8 Å². The number of urea groups is 1. The third-order valence-electron chi connectivity index (χ3n) is 3.45. The van der Waals surface area contributed by atoms with E-state index in [1.807, 2.05) is 0 Å². The summed E-state index contributed by atoms with van der Waals surface area (Å²) in [5.74, 6) is -0.363. The van der Waals surface area contributed by atoms with E-state index in [-0.39, 0.29) is 18.0 Å². The molecule has 21 heavy (non-hydrogen) atoms. The van der Waals surface area contributed by atoms with E-state index < -0.39 is 0 Å². The number of likely N-dealkylation sites (tertiary alicyclic amines) is 1. The maximum absolute atomic E-state index is 13.1. The molecule has 1 N–H and O–H groups in total. The molecular weight excluding hydrogens is 275 g/mol. The Kier molecular flexibility index (Phi) is 5.95. The van der Waals surface area contributed by atoms with Gasteiger partial charge in [0.05, 0.1) is 19.3 Å². The van der Waals surface area contributed by atoms with E-state index in [0.717, 1.165) is 12.8 Å². The van der Waals surface area contributed by atoms with Crippen molar-refractivity contribution < 1.29 is 18.7 Å². The van der Waals surface area contributed by atoms with Gasteiger partial charge in [-0.25, -0.2) is 9.18 Å². The molecule has 0 aromatic heterocycles. The summed E-state index contributed by atoms with van der Waals surface area (Å²) >= 11 is 0. The molecule has 1 saturated heterocycles. The first-order valence-electron chi connectivity index (χ1n) is 7.11. The molecule has 0 spiro atoms. The minimum Gasteiger partial charge on any atom is -0.382 e. The summed E-state index contributed by atoms with van der Waals surface area (Å²) in [5.41, 5.74) is 0.471. The van der Waals surface area contributed by atoms with E-state index in [0.29, 0.717) is 32.0 Å². The van der Waals surface area contributed by atoms with E-state index >= 15 is 0 Å². The van der Waals surface area contributed by atoms with Crippen molar-refractivity contribution in [1.82, 2.24) is 4.90 Å². The third kappa shape index (κ3) is 4.99. The Morgan fingerprint density at radius 1 is 1.38 bits per heavy atom. The Bertz CT molecular complexity index is 462. The lowest BCUT2D eigenvalue weighted by Crippen LogP contribution is -2.43. The van der Waals surface area contributed by atoms with Gasteiger partial charge in [0.25, 0.3) is 0 Å². The Balaban J connectivity index is 1.75. The highest BCUT2D eigenvalue weighted by atomic mass is 19.1. The Morgan fingerprint density at radius 2 is 2.14 bits per heavy atom. The molecule has 0 unspecified atom stereocenters. The molecule has 1 aliphatic rings. The highest BCUT2D eigenvalue weighted by Gasteiger charge is 2.23. The summed E-state index contributed by atoms with van der Waals surface area (Å²) in [6.07, 6.45) is 1.79. The van der Waals surface area contributed by atoms with E-state index in [4.69, 9.17) is 9.47 Å². The lowest BCUT2D eigenvalue weighted by Gasteiger charge is -2.31. The molecule has 2 amide bonds. The van der Waals surface area contributed by atoms with Gasteiger partial charge in [0.2, 0.25) is 0 Å². The van der Waals surface area contributed by atoms with Gasteiger partial charge in [-0.2, -0.15) is 0 Å². The lowest BCUT2D eigenvalue weighted by molar-refractivity contribution is -0.00851. The number of nitrogens with zero attached hydrogens (tertiary/aromatic N) is 1. The highest BCUT2D eigenvalue weighted by molar-refractivity contribution is 5.89. The van der Waals surface area contributed by atoms with Crippen molar-refractivity contribution in [2.75, 3.05) is 38.7 Å². The standard InChI is InChI=1S/C15H21FN2O3/c1-20-9-10-21-14-5-7-18(8-6-14)15(19)17-13-4-2-3-12(16)11-13/h2-4,11,14H,5-10H2,1H3,(H,17,19). The van der Waals surface area contributed by atoms with E-state index in [1.54, 1.807) is 24.1 Å². The zero-order valence-corrected chi connectivity index (χ0v) is 12.2. The van der Waals surface area contributed by atoms with Gasteiger partial charge in [0.1, 0.15) is 5.82 Å². The van der Waals surface area contributed by atoms with Crippen molar-refractivity contribution >= 4 is 11.7 Å². The van der Waals surface area contributed by atoms with Gasteiger partial charge in [0.15, 0.2) is 0 Å². The summed E-state index contributed by atoms with van der Waals surface area (Å²) in [7, 11) is 1.64. The molecule has 0 aliphatic carbocycles. The smallest absolute Gasteiger partial charge is 0.321 e. The summed E-state index contributed by atoms with van der Waals surface area (Å²) in [6, 6.07) is 5.69. The Hall–Kier alpha value is -1.66. The van der Waals surface area contributed by atoms with Crippen molar-refractivity contribution in [2.24, 2.45) is 0 Å². The Labute approximate surface area is 124 Å². The SMILES string of the molecule is COCCOC1CCN(C(=O)Nc2cccc(F)c2)CC1. The maximum atomic E-state index is 13.1. The average Bonchev–Trinajstić information content (AvgIpc) is 2.48. The molecule has 1 aromatic rings. The van der Waals surface area contributed by atoms with E-state index in [1.165, 1.54) is 12.1 Å². The van der Waals surface area contributed by atoms with Gasteiger partial charge < -0.3 is 19.7 Å². The molecule has 1 heterocycles. The highest BCUT2D eigenvalue weighted by Crippen LogP contribution is 2.16. The maximum Gasteiger partial charge on any atom is 0.321 e. The summed E-state index contributed by atoms with van der Waals surface area (Å²) in [4.78, 5) is 13.8. The van der Waals surface area contributed by atoms with Crippen LogP contribution in [0, 0.1) is 5.82 Å². The number of hydrogen-bond donors (Lipinski definition) is 1. The molecule has 6 heteroatoms. The van der Waals surface area contributed by atoms with Crippen LogP contribution in [0.15, 0.2) is 24.3 Å². The predicted molar refractivity (Wildman–Crippen MR) is 77.8 cm³/mol. The molecule has 0 bridgehead atoms. The number of benzene rings is 1. The largest absolute Gasteiger partial charge is 0.382 e. The van der Waals surface area contributed by atoms with Crippen LogP contribution >= 0.6 is 0 Å². The molecule has 1 aromatic carbocycles. The van der Waals surface area contributed by atoms with Crippen LogP contribution in [-0.2, 0) is 9.47 Å². The van der Waals surface area contributed by atoms with Crippen LogP contribution in [0.25, 0.3) is 0 Å². The first-order chi connectivity index (χ1) is 10.2. The van der Waals surface area contributed by atoms with Crippen LogP contribution in [0.2, 0.25) is 0 Å². The van der Waals surface area contributed by atoms with Crippen molar-refractivity contribution in [1.29, 1.82) is 0 Å². The normalized spacial score (nSPS) is 16.0. The molecule has 5 nitrogen and oxygen atoms in total. The zero-order valence-electron chi connectivity index (χ0n) is 12.2. The van der Waals surface area contributed by atoms with Crippen molar-refractivity contribution in [2.45, 2.75) is 18.9 Å². The molecule has 2 rings (SSSR count). The van der Waals surface area contributed by atoms with Crippen LogP contribution in [0.1, 0.15) is 12.8 Å². The van der Waals surface area contributed by atoms with Crippen LogP contribution in [0.4, 0.5) is 14.9 Å². The first-order valence-corrected chi connectivity index (χ1v) is 7.11. The predicted octanol–water partition coefficient (Wildman–Crippen LogP) is 2.49. The summed E-state index contributed by atoms with van der Waals surface area (Å²) in [5, 5.41) is 2.71. The second-order valence-corrected chi connectivity index (χ2v) is 4.99. The fraction of sp³-hybridized carbons (Fsp3) is 0.533. The molecule has 0 atom stereocenters. The first kappa shape index (κ1) is 15.7. The monoisotopic (exact) mass is 296 g/mol. The second kappa shape index (κ2) is 7.95.